The van der Waals surface area contributed by atoms with Crippen LogP contribution in [-0.4, -0.2) is 20.1 Å². The third-order valence-corrected chi connectivity index (χ3v) is 2.17. The van der Waals surface area contributed by atoms with Crippen molar-refractivity contribution < 1.29 is 0 Å². The Kier molecular flexibility index (Phi) is 3.98. The lowest BCUT2D eigenvalue weighted by Gasteiger charge is -2.09. The molecule has 0 bridgehead atoms. The molecule has 0 heterocycles. The van der Waals surface area contributed by atoms with Gasteiger partial charge >= 0.3 is 0 Å². The van der Waals surface area contributed by atoms with Crippen LogP contribution in [0.3, 0.4) is 0 Å². The summed E-state index contributed by atoms with van der Waals surface area (Å²) in [5, 5.41) is 6.20. The molecule has 3 heteroatoms. The van der Waals surface area contributed by atoms with Crippen LogP contribution < -0.4 is 10.6 Å². The highest BCUT2D eigenvalue weighted by Gasteiger charge is 1.97. The first-order chi connectivity index (χ1) is 6.77. The third kappa shape index (κ3) is 2.76. The highest BCUT2D eigenvalue weighted by atomic mass is 15.1. The van der Waals surface area contributed by atoms with Crippen LogP contribution >= 0.6 is 0 Å². The van der Waals surface area contributed by atoms with Crippen LogP contribution in [-0.2, 0) is 6.54 Å². The minimum Gasteiger partial charge on any atom is -0.359 e. The second-order valence-corrected chi connectivity index (χ2v) is 3.10. The van der Waals surface area contributed by atoms with Gasteiger partial charge in [-0.25, -0.2) is 0 Å². The van der Waals surface area contributed by atoms with Crippen molar-refractivity contribution in [1.82, 2.24) is 10.6 Å². The lowest BCUT2D eigenvalue weighted by Crippen LogP contribution is -2.34. The van der Waals surface area contributed by atoms with E-state index in [0.717, 1.165) is 12.5 Å². The summed E-state index contributed by atoms with van der Waals surface area (Å²) in [4.78, 5) is 4.05. The van der Waals surface area contributed by atoms with Gasteiger partial charge in [0, 0.05) is 20.6 Å². The summed E-state index contributed by atoms with van der Waals surface area (Å²) in [6.07, 6.45) is 0. The highest BCUT2D eigenvalue weighted by Crippen LogP contribution is 2.05. The van der Waals surface area contributed by atoms with Crippen LogP contribution in [0.15, 0.2) is 29.3 Å². The number of nitrogens with zero attached hydrogens (tertiary/aromatic N) is 1. The van der Waals surface area contributed by atoms with Crippen molar-refractivity contribution in [2.24, 2.45) is 4.99 Å². The number of hydrogen-bond acceptors (Lipinski definition) is 1. The van der Waals surface area contributed by atoms with Crippen molar-refractivity contribution in [2.75, 3.05) is 14.1 Å². The molecule has 0 aliphatic heterocycles. The predicted molar refractivity (Wildman–Crippen MR) is 60.4 cm³/mol. The molecule has 0 saturated carbocycles. The molecule has 3 nitrogen and oxygen atoms in total. The Morgan fingerprint density at radius 3 is 2.64 bits per heavy atom. The minimum absolute atomic E-state index is 0.806. The average molecular weight is 191 g/mol. The van der Waals surface area contributed by atoms with Gasteiger partial charge in [0.15, 0.2) is 5.96 Å². The lowest BCUT2D eigenvalue weighted by molar-refractivity contribution is 0.860. The van der Waals surface area contributed by atoms with Gasteiger partial charge < -0.3 is 10.6 Å². The van der Waals surface area contributed by atoms with Gasteiger partial charge in [0.2, 0.25) is 0 Å². The van der Waals surface area contributed by atoms with E-state index in [9.17, 15) is 0 Å². The number of rotatable bonds is 2. The summed E-state index contributed by atoms with van der Waals surface area (Å²) >= 11 is 0. The van der Waals surface area contributed by atoms with E-state index >= 15 is 0 Å². The first kappa shape index (κ1) is 10.6. The van der Waals surface area contributed by atoms with Crippen LogP contribution in [0.1, 0.15) is 11.1 Å². The largest absolute Gasteiger partial charge is 0.359 e. The molecule has 2 N–H and O–H groups in total. The van der Waals surface area contributed by atoms with Crippen LogP contribution in [0.5, 0.6) is 0 Å². The maximum atomic E-state index is 4.05. The summed E-state index contributed by atoms with van der Waals surface area (Å²) in [6.45, 7) is 2.92. The molecule has 1 rings (SSSR count). The summed E-state index contributed by atoms with van der Waals surface area (Å²) in [5.74, 6) is 0.813. The molecule has 0 aromatic heterocycles. The van der Waals surface area contributed by atoms with E-state index < -0.39 is 0 Å². The molecule has 0 radical (unpaired) electrons. The van der Waals surface area contributed by atoms with E-state index in [1.165, 1.54) is 11.1 Å². The summed E-state index contributed by atoms with van der Waals surface area (Å²) in [7, 11) is 3.61. The molecule has 14 heavy (non-hydrogen) atoms. The van der Waals surface area contributed by atoms with Gasteiger partial charge in [-0.1, -0.05) is 24.3 Å². The molecule has 0 spiro atoms. The van der Waals surface area contributed by atoms with Crippen molar-refractivity contribution in [1.29, 1.82) is 0 Å². The second kappa shape index (κ2) is 5.27. The molecule has 0 aliphatic rings. The van der Waals surface area contributed by atoms with Gasteiger partial charge in [0.05, 0.1) is 0 Å². The molecule has 0 atom stereocenters. The molecular formula is C11H17N3. The highest BCUT2D eigenvalue weighted by molar-refractivity contribution is 5.79. The quantitative estimate of drug-likeness (QED) is 0.546. The number of hydrogen-bond donors (Lipinski definition) is 2. The molecule has 1 aromatic rings. The molecule has 0 saturated heterocycles. The Bertz CT molecular complexity index is 318. The van der Waals surface area contributed by atoms with Gasteiger partial charge in [-0.15, -0.1) is 0 Å². The molecule has 0 fully saturated rings. The molecule has 1 aromatic carbocycles. The number of guanidine groups is 1. The van der Waals surface area contributed by atoms with E-state index in [4.69, 9.17) is 0 Å². The topological polar surface area (TPSA) is 36.4 Å². The molecule has 0 amide bonds. The van der Waals surface area contributed by atoms with Crippen LogP contribution in [0.2, 0.25) is 0 Å². The summed E-state index contributed by atoms with van der Waals surface area (Å²) < 4.78 is 0. The van der Waals surface area contributed by atoms with Gasteiger partial charge in [-0.3, -0.25) is 4.99 Å². The second-order valence-electron chi connectivity index (χ2n) is 3.10. The van der Waals surface area contributed by atoms with Crippen molar-refractivity contribution in [3.05, 3.63) is 35.4 Å². The predicted octanol–water partition coefficient (Wildman–Crippen LogP) is 1.29. The van der Waals surface area contributed by atoms with Gasteiger partial charge in [0.1, 0.15) is 0 Å². The van der Waals surface area contributed by atoms with E-state index in [1.54, 1.807) is 7.05 Å². The number of benzene rings is 1. The van der Waals surface area contributed by atoms with Crippen molar-refractivity contribution >= 4 is 5.96 Å². The molecule has 0 aliphatic carbocycles. The van der Waals surface area contributed by atoms with Crippen molar-refractivity contribution in [3.8, 4) is 0 Å². The lowest BCUT2D eigenvalue weighted by atomic mass is 10.1. The van der Waals surface area contributed by atoms with E-state index in [-0.39, 0.29) is 0 Å². The van der Waals surface area contributed by atoms with E-state index in [2.05, 4.69) is 34.7 Å². The van der Waals surface area contributed by atoms with Gasteiger partial charge in [-0.2, -0.15) is 0 Å². The fourth-order valence-corrected chi connectivity index (χ4v) is 1.27. The maximum absolute atomic E-state index is 4.05. The Hall–Kier alpha value is -1.51. The van der Waals surface area contributed by atoms with Gasteiger partial charge in [-0.05, 0) is 18.1 Å². The normalized spacial score (nSPS) is 11.2. The van der Waals surface area contributed by atoms with Crippen LogP contribution in [0.25, 0.3) is 0 Å². The molecular weight excluding hydrogens is 174 g/mol. The Labute approximate surface area is 85.3 Å². The first-order valence-electron chi connectivity index (χ1n) is 4.71. The number of nitrogens with one attached hydrogen (secondary N) is 2. The Balaban J connectivity index is 2.58. The monoisotopic (exact) mass is 191 g/mol. The first-order valence-corrected chi connectivity index (χ1v) is 4.71. The van der Waals surface area contributed by atoms with Crippen molar-refractivity contribution in [3.63, 3.8) is 0 Å². The summed E-state index contributed by atoms with van der Waals surface area (Å²) in [5.41, 5.74) is 2.59. The zero-order valence-corrected chi connectivity index (χ0v) is 8.96. The molecule has 76 valence electrons. The minimum atomic E-state index is 0.806. The van der Waals surface area contributed by atoms with E-state index in [0.29, 0.717) is 0 Å². The number of aliphatic imine (C=N–C) groups is 1. The fourth-order valence-electron chi connectivity index (χ4n) is 1.27. The molecule has 0 unspecified atom stereocenters. The van der Waals surface area contributed by atoms with Crippen molar-refractivity contribution in [2.45, 2.75) is 13.5 Å². The average Bonchev–Trinajstić information content (AvgIpc) is 2.22. The zero-order valence-electron chi connectivity index (χ0n) is 8.96. The zero-order chi connectivity index (χ0) is 10.4. The fraction of sp³-hybridized carbons (Fsp3) is 0.364. The Morgan fingerprint density at radius 1 is 1.36 bits per heavy atom. The Morgan fingerprint density at radius 2 is 2.07 bits per heavy atom. The number of aryl methyl sites for hydroxylation is 1. The van der Waals surface area contributed by atoms with Crippen LogP contribution in [0, 0.1) is 6.92 Å². The van der Waals surface area contributed by atoms with Gasteiger partial charge in [0.25, 0.3) is 0 Å². The SMILES string of the molecule is CN=C(NC)NCc1ccccc1C. The third-order valence-electron chi connectivity index (χ3n) is 2.17. The smallest absolute Gasteiger partial charge is 0.190 e. The standard InChI is InChI=1S/C11H17N3/c1-9-6-4-5-7-10(9)8-14-11(12-2)13-3/h4-7H,8H2,1-3H3,(H2,12,13,14). The summed E-state index contributed by atoms with van der Waals surface area (Å²) in [6, 6.07) is 8.32. The van der Waals surface area contributed by atoms with E-state index in [1.807, 2.05) is 19.2 Å². The van der Waals surface area contributed by atoms with Crippen LogP contribution in [0.4, 0.5) is 0 Å². The maximum Gasteiger partial charge on any atom is 0.190 e.